The van der Waals surface area contributed by atoms with Gasteiger partial charge in [-0.05, 0) is 17.2 Å². The number of nitrogens with two attached hydrogens (primary N) is 1. The number of ketones is 1. The Labute approximate surface area is 153 Å². The molecule has 140 valence electrons. The lowest BCUT2D eigenvalue weighted by molar-refractivity contribution is -0.139. The summed E-state index contributed by atoms with van der Waals surface area (Å²) in [6.07, 6.45) is -1.25. The highest BCUT2D eigenvalue weighted by molar-refractivity contribution is 6.26. The quantitative estimate of drug-likeness (QED) is 0.544. The number of Topliss-reactive ketones (excluding diaryl/α,β-unsaturated/α-hetero) is 1. The third-order valence-corrected chi connectivity index (χ3v) is 3.75. The fraction of sp³-hybridized carbons (Fsp3) is 0.158. The third kappa shape index (κ3) is 5.04. The summed E-state index contributed by atoms with van der Waals surface area (Å²) in [6, 6.07) is 11.6. The monoisotopic (exact) mass is 374 g/mol. The molecule has 0 heterocycles. The maximum absolute atomic E-state index is 14.3. The first kappa shape index (κ1) is 19.9. The molecular formula is C19H16F2N2O4. The number of anilines is 1. The SMILES string of the molecule is NC(=O)c1cccc(CC(=O)C=O)c1NC(=O)C(F)(F)Cc1ccccc1. The molecule has 0 saturated heterocycles. The molecule has 0 atom stereocenters. The molecule has 0 fully saturated rings. The highest BCUT2D eigenvalue weighted by Crippen LogP contribution is 2.27. The molecule has 2 rings (SSSR count). The molecule has 2 aromatic rings. The van der Waals surface area contributed by atoms with E-state index in [4.69, 9.17) is 5.73 Å². The normalized spacial score (nSPS) is 10.9. The van der Waals surface area contributed by atoms with Gasteiger partial charge in [0.05, 0.1) is 11.3 Å². The zero-order chi connectivity index (χ0) is 20.0. The van der Waals surface area contributed by atoms with Crippen LogP contribution in [0.3, 0.4) is 0 Å². The van der Waals surface area contributed by atoms with Gasteiger partial charge in [-0.25, -0.2) is 0 Å². The van der Waals surface area contributed by atoms with Gasteiger partial charge in [-0.15, -0.1) is 0 Å². The lowest BCUT2D eigenvalue weighted by Crippen LogP contribution is -2.37. The molecule has 0 spiro atoms. The van der Waals surface area contributed by atoms with Crippen LogP contribution in [0, 0.1) is 0 Å². The summed E-state index contributed by atoms with van der Waals surface area (Å²) in [5, 5.41) is 1.99. The van der Waals surface area contributed by atoms with Crippen molar-refractivity contribution < 1.29 is 28.0 Å². The Kier molecular flexibility index (Phi) is 6.12. The highest BCUT2D eigenvalue weighted by atomic mass is 19.3. The first-order chi connectivity index (χ1) is 12.7. The van der Waals surface area contributed by atoms with Crippen LogP contribution in [0.25, 0.3) is 0 Å². The van der Waals surface area contributed by atoms with Crippen molar-refractivity contribution in [3.05, 3.63) is 65.2 Å². The Morgan fingerprint density at radius 3 is 2.30 bits per heavy atom. The number of nitrogens with one attached hydrogen (secondary N) is 1. The van der Waals surface area contributed by atoms with Crippen molar-refractivity contribution in [2.45, 2.75) is 18.8 Å². The van der Waals surface area contributed by atoms with Crippen LogP contribution in [0.4, 0.5) is 14.5 Å². The van der Waals surface area contributed by atoms with Crippen molar-refractivity contribution in [2.75, 3.05) is 5.32 Å². The van der Waals surface area contributed by atoms with E-state index in [0.717, 1.165) is 0 Å². The van der Waals surface area contributed by atoms with Gasteiger partial charge in [0.1, 0.15) is 0 Å². The van der Waals surface area contributed by atoms with Crippen LogP contribution in [0.15, 0.2) is 48.5 Å². The van der Waals surface area contributed by atoms with Crippen molar-refractivity contribution in [2.24, 2.45) is 5.73 Å². The Bertz CT molecular complexity index is 883. The van der Waals surface area contributed by atoms with Gasteiger partial charge in [-0.1, -0.05) is 42.5 Å². The predicted octanol–water partition coefficient (Wildman–Crippen LogP) is 1.91. The number of primary amides is 1. The zero-order valence-electron chi connectivity index (χ0n) is 14.1. The highest BCUT2D eigenvalue weighted by Gasteiger charge is 2.39. The smallest absolute Gasteiger partial charge is 0.328 e. The molecule has 3 N–H and O–H groups in total. The Hall–Kier alpha value is -3.42. The Morgan fingerprint density at radius 1 is 1.04 bits per heavy atom. The van der Waals surface area contributed by atoms with Crippen molar-refractivity contribution in [1.29, 1.82) is 0 Å². The van der Waals surface area contributed by atoms with E-state index in [-0.39, 0.29) is 28.7 Å². The zero-order valence-corrected chi connectivity index (χ0v) is 14.1. The second-order valence-corrected chi connectivity index (χ2v) is 5.79. The van der Waals surface area contributed by atoms with Crippen LogP contribution in [0.5, 0.6) is 0 Å². The van der Waals surface area contributed by atoms with Crippen LogP contribution in [-0.2, 0) is 27.2 Å². The minimum atomic E-state index is -3.78. The number of benzene rings is 2. The van der Waals surface area contributed by atoms with Gasteiger partial charge in [-0.2, -0.15) is 8.78 Å². The first-order valence-electron chi connectivity index (χ1n) is 7.87. The van der Waals surface area contributed by atoms with Gasteiger partial charge in [0, 0.05) is 12.8 Å². The summed E-state index contributed by atoms with van der Waals surface area (Å²) in [5.41, 5.74) is 4.96. The van der Waals surface area contributed by atoms with E-state index >= 15 is 0 Å². The summed E-state index contributed by atoms with van der Waals surface area (Å²) in [7, 11) is 0. The molecule has 0 aliphatic rings. The lowest BCUT2D eigenvalue weighted by Gasteiger charge is -2.19. The van der Waals surface area contributed by atoms with Crippen LogP contribution in [-0.4, -0.2) is 29.8 Å². The summed E-state index contributed by atoms with van der Waals surface area (Å²) in [6.45, 7) is 0. The number of hydrogen-bond acceptors (Lipinski definition) is 4. The fourth-order valence-electron chi connectivity index (χ4n) is 2.47. The molecule has 0 aliphatic heterocycles. The van der Waals surface area contributed by atoms with E-state index in [0.29, 0.717) is 0 Å². The molecule has 0 unspecified atom stereocenters. The number of amides is 2. The number of hydrogen-bond donors (Lipinski definition) is 2. The maximum atomic E-state index is 14.3. The minimum absolute atomic E-state index is 0.0345. The molecule has 2 amide bonds. The number of alkyl halides is 2. The van der Waals surface area contributed by atoms with E-state index in [2.05, 4.69) is 0 Å². The van der Waals surface area contributed by atoms with Crippen molar-refractivity contribution >= 4 is 29.6 Å². The Morgan fingerprint density at radius 2 is 1.70 bits per heavy atom. The standard InChI is InChI=1S/C19H16F2N2O4/c20-19(21,10-12-5-2-1-3-6-12)18(27)23-16-13(9-14(25)11-24)7-4-8-15(16)17(22)26/h1-8,11H,9-10H2,(H2,22,26)(H,23,27). The molecule has 0 aromatic heterocycles. The first-order valence-corrected chi connectivity index (χ1v) is 7.87. The van der Waals surface area contributed by atoms with E-state index in [1.807, 2.05) is 5.32 Å². The molecule has 8 heteroatoms. The summed E-state index contributed by atoms with van der Waals surface area (Å²) in [5.74, 6) is -7.25. The van der Waals surface area contributed by atoms with Crippen molar-refractivity contribution in [1.82, 2.24) is 0 Å². The van der Waals surface area contributed by atoms with Crippen molar-refractivity contribution in [3.63, 3.8) is 0 Å². The van der Waals surface area contributed by atoms with Gasteiger partial charge in [-0.3, -0.25) is 19.2 Å². The summed E-state index contributed by atoms with van der Waals surface area (Å²) < 4.78 is 28.7. The number of para-hydroxylation sites is 1. The average molecular weight is 374 g/mol. The van der Waals surface area contributed by atoms with Gasteiger partial charge in [0.2, 0.25) is 0 Å². The topological polar surface area (TPSA) is 106 Å². The molecule has 0 aliphatic carbocycles. The largest absolute Gasteiger partial charge is 0.366 e. The average Bonchev–Trinajstić information content (AvgIpc) is 2.63. The third-order valence-electron chi connectivity index (χ3n) is 3.75. The minimum Gasteiger partial charge on any atom is -0.366 e. The Balaban J connectivity index is 2.33. The number of halogens is 2. The number of carbonyl (C=O) groups is 4. The van der Waals surface area contributed by atoms with Gasteiger partial charge < -0.3 is 11.1 Å². The second-order valence-electron chi connectivity index (χ2n) is 5.79. The van der Waals surface area contributed by atoms with E-state index in [1.165, 1.54) is 30.3 Å². The summed E-state index contributed by atoms with van der Waals surface area (Å²) >= 11 is 0. The number of rotatable bonds is 8. The molecule has 2 aromatic carbocycles. The molecular weight excluding hydrogens is 358 g/mol. The number of aldehydes is 1. The lowest BCUT2D eigenvalue weighted by atomic mass is 10.0. The van der Waals surface area contributed by atoms with Crippen LogP contribution < -0.4 is 11.1 Å². The summed E-state index contributed by atoms with van der Waals surface area (Å²) in [4.78, 5) is 45.7. The maximum Gasteiger partial charge on any atom is 0.328 e. The van der Waals surface area contributed by atoms with Gasteiger partial charge in [0.25, 0.3) is 11.8 Å². The molecule has 27 heavy (non-hydrogen) atoms. The van der Waals surface area contributed by atoms with Gasteiger partial charge >= 0.3 is 5.92 Å². The molecule has 0 saturated carbocycles. The number of carbonyl (C=O) groups excluding carboxylic acids is 4. The van der Waals surface area contributed by atoms with Gasteiger partial charge in [0.15, 0.2) is 12.1 Å². The van der Waals surface area contributed by atoms with E-state index in [9.17, 15) is 28.0 Å². The van der Waals surface area contributed by atoms with Crippen LogP contribution >= 0.6 is 0 Å². The van der Waals surface area contributed by atoms with Crippen LogP contribution in [0.2, 0.25) is 0 Å². The van der Waals surface area contributed by atoms with Crippen LogP contribution in [0.1, 0.15) is 21.5 Å². The second kappa shape index (κ2) is 8.31. The molecule has 6 nitrogen and oxygen atoms in total. The fourth-order valence-corrected chi connectivity index (χ4v) is 2.47. The van der Waals surface area contributed by atoms with Crippen molar-refractivity contribution in [3.8, 4) is 0 Å². The van der Waals surface area contributed by atoms with E-state index < -0.39 is 36.4 Å². The molecule has 0 radical (unpaired) electrons. The van der Waals surface area contributed by atoms with E-state index in [1.54, 1.807) is 18.2 Å². The molecule has 0 bridgehead atoms. The predicted molar refractivity (Wildman–Crippen MR) is 93.5 cm³/mol.